The van der Waals surface area contributed by atoms with Crippen molar-refractivity contribution in [3.63, 3.8) is 0 Å². The highest BCUT2D eigenvalue weighted by Crippen LogP contribution is 2.15. The molecule has 6 nitrogen and oxygen atoms in total. The van der Waals surface area contributed by atoms with E-state index in [1.54, 1.807) is 36.2 Å². The molecular weight excluding hydrogens is 314 g/mol. The Balaban J connectivity index is 2.60. The monoisotopic (exact) mass is 341 g/mol. The molecule has 0 aliphatic rings. The van der Waals surface area contributed by atoms with E-state index in [0.29, 0.717) is 25.9 Å². The predicted molar refractivity (Wildman–Crippen MR) is 91.5 cm³/mol. The largest absolute Gasteiger partial charge is 0.345 e. The molecule has 1 amide bonds. The normalized spacial score (nSPS) is 12.2. The third kappa shape index (κ3) is 5.93. The number of amides is 1. The van der Waals surface area contributed by atoms with Crippen LogP contribution in [-0.4, -0.2) is 46.4 Å². The molecule has 0 aliphatic heterocycles. The van der Waals surface area contributed by atoms with Crippen LogP contribution in [0, 0.1) is 5.41 Å². The molecule has 23 heavy (non-hydrogen) atoms. The van der Waals surface area contributed by atoms with E-state index in [1.165, 1.54) is 7.05 Å². The zero-order chi connectivity index (χ0) is 17.7. The maximum Gasteiger partial charge on any atom is 0.240 e. The number of nitrogens with one attached hydrogen (secondary N) is 1. The van der Waals surface area contributed by atoms with Gasteiger partial charge in [-0.05, 0) is 43.1 Å². The summed E-state index contributed by atoms with van der Waals surface area (Å²) in [4.78, 5) is 14.1. The number of nitrogens with two attached hydrogens (primary N) is 1. The zero-order valence-electron chi connectivity index (χ0n) is 14.3. The lowest BCUT2D eigenvalue weighted by molar-refractivity contribution is -0.131. The van der Waals surface area contributed by atoms with Gasteiger partial charge in [-0.25, -0.2) is 13.1 Å². The molecule has 0 bridgehead atoms. The molecule has 0 atom stereocenters. The molecule has 0 radical (unpaired) electrons. The van der Waals surface area contributed by atoms with Crippen molar-refractivity contribution >= 4 is 15.9 Å². The average Bonchev–Trinajstić information content (AvgIpc) is 2.52. The van der Waals surface area contributed by atoms with Crippen molar-refractivity contribution in [3.05, 3.63) is 29.8 Å². The average molecular weight is 341 g/mol. The van der Waals surface area contributed by atoms with Crippen molar-refractivity contribution in [2.45, 2.75) is 31.6 Å². The van der Waals surface area contributed by atoms with Crippen molar-refractivity contribution < 1.29 is 13.2 Å². The van der Waals surface area contributed by atoms with Crippen molar-refractivity contribution in [1.82, 2.24) is 9.62 Å². The summed E-state index contributed by atoms with van der Waals surface area (Å²) in [7, 11) is -0.264. The number of carbonyl (C=O) groups excluding carboxylic acids is 1. The minimum absolute atomic E-state index is 0.0541. The molecule has 7 heteroatoms. The Morgan fingerprint density at radius 2 is 1.83 bits per heavy atom. The predicted octanol–water partition coefficient (Wildman–Crippen LogP) is 0.971. The highest BCUT2D eigenvalue weighted by atomic mass is 32.2. The van der Waals surface area contributed by atoms with E-state index in [1.807, 2.05) is 13.8 Å². The summed E-state index contributed by atoms with van der Waals surface area (Å²) in [5.41, 5.74) is 6.52. The smallest absolute Gasteiger partial charge is 0.240 e. The van der Waals surface area contributed by atoms with Gasteiger partial charge >= 0.3 is 0 Å². The minimum atomic E-state index is -3.42. The summed E-state index contributed by atoms with van der Waals surface area (Å²) in [5.74, 6) is 0.0541. The van der Waals surface area contributed by atoms with Gasteiger partial charge in [-0.2, -0.15) is 0 Å². The first-order valence-electron chi connectivity index (χ1n) is 7.58. The Morgan fingerprint density at radius 1 is 1.26 bits per heavy atom. The van der Waals surface area contributed by atoms with Crippen molar-refractivity contribution in [2.24, 2.45) is 11.1 Å². The SMILES string of the molecule is CNS(=O)(=O)c1ccc(CCC(=O)N(C)CC(C)(C)CN)cc1. The molecule has 1 aromatic rings. The number of benzene rings is 1. The van der Waals surface area contributed by atoms with E-state index in [9.17, 15) is 13.2 Å². The third-order valence-electron chi connectivity index (χ3n) is 3.77. The lowest BCUT2D eigenvalue weighted by Crippen LogP contribution is -2.39. The van der Waals surface area contributed by atoms with E-state index in [0.717, 1.165) is 5.56 Å². The summed E-state index contributed by atoms with van der Waals surface area (Å²) >= 11 is 0. The molecular formula is C16H27N3O3S. The summed E-state index contributed by atoms with van der Waals surface area (Å²) in [6, 6.07) is 6.57. The van der Waals surface area contributed by atoms with Crippen LogP contribution in [0.2, 0.25) is 0 Å². The van der Waals surface area contributed by atoms with Crippen LogP contribution < -0.4 is 10.5 Å². The highest BCUT2D eigenvalue weighted by molar-refractivity contribution is 7.89. The maximum absolute atomic E-state index is 12.2. The summed E-state index contributed by atoms with van der Waals surface area (Å²) in [5, 5.41) is 0. The van der Waals surface area contributed by atoms with Gasteiger partial charge in [0.25, 0.3) is 0 Å². The van der Waals surface area contributed by atoms with E-state index in [2.05, 4.69) is 4.72 Å². The van der Waals surface area contributed by atoms with Crippen LogP contribution in [0.15, 0.2) is 29.2 Å². The molecule has 130 valence electrons. The fraction of sp³-hybridized carbons (Fsp3) is 0.562. The van der Waals surface area contributed by atoms with Crippen molar-refractivity contribution in [2.75, 3.05) is 27.2 Å². The Bertz CT molecular complexity index is 624. The van der Waals surface area contributed by atoms with Crippen LogP contribution in [0.25, 0.3) is 0 Å². The number of rotatable bonds is 8. The van der Waals surface area contributed by atoms with E-state index in [4.69, 9.17) is 5.73 Å². The molecule has 1 aromatic carbocycles. The lowest BCUT2D eigenvalue weighted by atomic mass is 9.93. The van der Waals surface area contributed by atoms with Crippen molar-refractivity contribution in [1.29, 1.82) is 0 Å². The minimum Gasteiger partial charge on any atom is -0.345 e. The van der Waals surface area contributed by atoms with E-state index in [-0.39, 0.29) is 16.2 Å². The Hall–Kier alpha value is -1.44. The van der Waals surface area contributed by atoms with Crippen LogP contribution in [0.4, 0.5) is 0 Å². The van der Waals surface area contributed by atoms with Gasteiger partial charge in [-0.3, -0.25) is 4.79 Å². The first kappa shape index (κ1) is 19.6. The summed E-state index contributed by atoms with van der Waals surface area (Å²) in [6.07, 6.45) is 0.960. The van der Waals surface area contributed by atoms with Gasteiger partial charge in [0.15, 0.2) is 0 Å². The van der Waals surface area contributed by atoms with E-state index < -0.39 is 10.0 Å². The molecule has 1 rings (SSSR count). The fourth-order valence-corrected chi connectivity index (χ4v) is 2.92. The van der Waals surface area contributed by atoms with Gasteiger partial charge in [0.1, 0.15) is 0 Å². The quantitative estimate of drug-likeness (QED) is 0.737. The second-order valence-electron chi connectivity index (χ2n) is 6.47. The first-order valence-corrected chi connectivity index (χ1v) is 9.06. The number of sulfonamides is 1. The van der Waals surface area contributed by atoms with Gasteiger partial charge in [0.2, 0.25) is 15.9 Å². The van der Waals surface area contributed by atoms with Gasteiger partial charge in [-0.15, -0.1) is 0 Å². The number of carbonyl (C=O) groups is 1. The summed E-state index contributed by atoms with van der Waals surface area (Å²) in [6.45, 7) is 5.18. The Kier molecular flexibility index (Phi) is 6.73. The lowest BCUT2D eigenvalue weighted by Gasteiger charge is -2.29. The Labute approximate surface area is 139 Å². The van der Waals surface area contributed by atoms with Gasteiger partial charge < -0.3 is 10.6 Å². The molecule has 0 saturated heterocycles. The topological polar surface area (TPSA) is 92.5 Å². The molecule has 0 heterocycles. The van der Waals surface area contributed by atoms with Gasteiger partial charge in [0, 0.05) is 20.0 Å². The third-order valence-corrected chi connectivity index (χ3v) is 5.20. The fourth-order valence-electron chi connectivity index (χ4n) is 2.19. The first-order chi connectivity index (χ1) is 10.6. The second kappa shape index (κ2) is 7.90. The van der Waals surface area contributed by atoms with Crippen LogP contribution in [0.1, 0.15) is 25.8 Å². The number of hydrogen-bond donors (Lipinski definition) is 2. The Morgan fingerprint density at radius 3 is 2.30 bits per heavy atom. The van der Waals surface area contributed by atoms with Gasteiger partial charge in [-0.1, -0.05) is 26.0 Å². The van der Waals surface area contributed by atoms with Crippen LogP contribution >= 0.6 is 0 Å². The maximum atomic E-state index is 12.2. The molecule has 0 spiro atoms. The van der Waals surface area contributed by atoms with Crippen molar-refractivity contribution in [3.8, 4) is 0 Å². The molecule has 0 aromatic heterocycles. The second-order valence-corrected chi connectivity index (χ2v) is 8.36. The standard InChI is InChI=1S/C16H27N3O3S/c1-16(2,11-17)12-19(4)15(20)10-7-13-5-8-14(9-6-13)23(21,22)18-3/h5-6,8-9,18H,7,10-12,17H2,1-4H3. The van der Waals surface area contributed by atoms with E-state index >= 15 is 0 Å². The zero-order valence-corrected chi connectivity index (χ0v) is 15.1. The number of hydrogen-bond acceptors (Lipinski definition) is 4. The molecule has 3 N–H and O–H groups in total. The van der Waals surface area contributed by atoms with Gasteiger partial charge in [0.05, 0.1) is 4.90 Å². The van der Waals surface area contributed by atoms with Crippen LogP contribution in [0.3, 0.4) is 0 Å². The molecule has 0 saturated carbocycles. The highest BCUT2D eigenvalue weighted by Gasteiger charge is 2.21. The summed E-state index contributed by atoms with van der Waals surface area (Å²) < 4.78 is 25.6. The molecule has 0 unspecified atom stereocenters. The number of nitrogens with zero attached hydrogens (tertiary/aromatic N) is 1. The molecule has 0 fully saturated rings. The molecule has 0 aliphatic carbocycles. The van der Waals surface area contributed by atoms with Crippen LogP contribution in [0.5, 0.6) is 0 Å². The van der Waals surface area contributed by atoms with Crippen LogP contribution in [-0.2, 0) is 21.2 Å². The number of aryl methyl sites for hydroxylation is 1.